The van der Waals surface area contributed by atoms with Gasteiger partial charge in [-0.25, -0.2) is 0 Å². The van der Waals surface area contributed by atoms with Gasteiger partial charge in [0, 0.05) is 0 Å². The Labute approximate surface area is 109 Å². The summed E-state index contributed by atoms with van der Waals surface area (Å²) in [6.07, 6.45) is -0.559. The average Bonchev–Trinajstić information content (AvgIpc) is 2.34. The standard InChI is InChI=1S/C13H19NO3Si/c1-15-11-7-6-10(8-12(11)16-2)13(9-14)17-18(3,4)5/h6-8,13H,1-5H3. The van der Waals surface area contributed by atoms with Crippen LogP contribution in [0.25, 0.3) is 0 Å². The Morgan fingerprint density at radius 3 is 2.17 bits per heavy atom. The first-order chi connectivity index (χ1) is 8.41. The number of nitrogens with zero attached hydrogens (tertiary/aromatic N) is 1. The predicted molar refractivity (Wildman–Crippen MR) is 72.3 cm³/mol. The van der Waals surface area contributed by atoms with Crippen molar-refractivity contribution < 1.29 is 13.9 Å². The Kier molecular flexibility index (Phi) is 4.76. The second-order valence-electron chi connectivity index (χ2n) is 4.85. The predicted octanol–water partition coefficient (Wildman–Crippen LogP) is 3.12. The lowest BCUT2D eigenvalue weighted by Crippen LogP contribution is -2.27. The molecule has 0 saturated heterocycles. The Morgan fingerprint density at radius 2 is 1.72 bits per heavy atom. The number of benzene rings is 1. The van der Waals surface area contributed by atoms with Gasteiger partial charge < -0.3 is 13.9 Å². The number of methoxy groups -OCH3 is 2. The van der Waals surface area contributed by atoms with E-state index in [2.05, 4.69) is 25.7 Å². The molecule has 0 aromatic heterocycles. The Morgan fingerprint density at radius 1 is 1.11 bits per heavy atom. The lowest BCUT2D eigenvalue weighted by Gasteiger charge is -2.22. The van der Waals surface area contributed by atoms with Crippen molar-refractivity contribution in [3.05, 3.63) is 23.8 Å². The minimum absolute atomic E-state index is 0.559. The average molecular weight is 265 g/mol. The summed E-state index contributed by atoms with van der Waals surface area (Å²) < 4.78 is 16.2. The summed E-state index contributed by atoms with van der Waals surface area (Å²) >= 11 is 0. The molecule has 1 rings (SSSR count). The van der Waals surface area contributed by atoms with E-state index in [9.17, 15) is 5.26 Å². The number of hydrogen-bond donors (Lipinski definition) is 0. The molecule has 1 unspecified atom stereocenters. The van der Waals surface area contributed by atoms with Gasteiger partial charge in [-0.2, -0.15) is 5.26 Å². The highest BCUT2D eigenvalue weighted by Gasteiger charge is 2.23. The zero-order chi connectivity index (χ0) is 13.8. The van der Waals surface area contributed by atoms with Crippen molar-refractivity contribution >= 4 is 8.32 Å². The maximum atomic E-state index is 9.21. The maximum absolute atomic E-state index is 9.21. The Bertz CT molecular complexity index is 449. The van der Waals surface area contributed by atoms with E-state index < -0.39 is 14.4 Å². The van der Waals surface area contributed by atoms with Crippen LogP contribution in [0.3, 0.4) is 0 Å². The molecule has 0 spiro atoms. The van der Waals surface area contributed by atoms with Gasteiger partial charge in [0.25, 0.3) is 0 Å². The normalized spacial score (nSPS) is 12.7. The molecule has 0 aliphatic heterocycles. The first kappa shape index (κ1) is 14.5. The molecule has 18 heavy (non-hydrogen) atoms. The van der Waals surface area contributed by atoms with Crippen molar-refractivity contribution in [2.75, 3.05) is 14.2 Å². The topological polar surface area (TPSA) is 51.5 Å². The van der Waals surface area contributed by atoms with Crippen LogP contribution < -0.4 is 9.47 Å². The molecule has 0 heterocycles. The Balaban J connectivity index is 3.05. The third-order valence-electron chi connectivity index (χ3n) is 2.30. The van der Waals surface area contributed by atoms with Gasteiger partial charge in [0.15, 0.2) is 25.9 Å². The van der Waals surface area contributed by atoms with Gasteiger partial charge in [0.2, 0.25) is 0 Å². The minimum atomic E-state index is -1.77. The molecule has 98 valence electrons. The molecule has 1 aromatic rings. The van der Waals surface area contributed by atoms with E-state index in [1.807, 2.05) is 6.07 Å². The van der Waals surface area contributed by atoms with Gasteiger partial charge in [-0.05, 0) is 37.3 Å². The minimum Gasteiger partial charge on any atom is -0.493 e. The summed E-state index contributed by atoms with van der Waals surface area (Å²) in [4.78, 5) is 0. The van der Waals surface area contributed by atoms with Crippen molar-refractivity contribution in [1.29, 1.82) is 5.26 Å². The molecule has 0 fully saturated rings. The second-order valence-corrected chi connectivity index (χ2v) is 9.31. The van der Waals surface area contributed by atoms with Crippen molar-refractivity contribution in [3.63, 3.8) is 0 Å². The fourth-order valence-electron chi connectivity index (χ4n) is 1.54. The summed E-state index contributed by atoms with van der Waals surface area (Å²) in [5.74, 6) is 1.25. The highest BCUT2D eigenvalue weighted by atomic mass is 28.4. The SMILES string of the molecule is COc1ccc(C(C#N)O[Si](C)(C)C)cc1OC. The summed E-state index contributed by atoms with van der Waals surface area (Å²) in [7, 11) is 1.38. The highest BCUT2D eigenvalue weighted by molar-refractivity contribution is 6.69. The largest absolute Gasteiger partial charge is 0.493 e. The third-order valence-corrected chi connectivity index (χ3v) is 3.24. The molecule has 0 aliphatic carbocycles. The van der Waals surface area contributed by atoms with Crippen LogP contribution in [0, 0.1) is 11.3 Å². The van der Waals surface area contributed by atoms with Crippen molar-refractivity contribution in [1.82, 2.24) is 0 Å². The monoisotopic (exact) mass is 265 g/mol. The van der Waals surface area contributed by atoms with Crippen LogP contribution in [0.15, 0.2) is 18.2 Å². The van der Waals surface area contributed by atoms with Gasteiger partial charge in [0.1, 0.15) is 0 Å². The van der Waals surface area contributed by atoms with E-state index in [0.29, 0.717) is 11.5 Å². The van der Waals surface area contributed by atoms with E-state index in [-0.39, 0.29) is 0 Å². The number of ether oxygens (including phenoxy) is 2. The molecule has 1 atom stereocenters. The van der Waals surface area contributed by atoms with Crippen LogP contribution >= 0.6 is 0 Å². The van der Waals surface area contributed by atoms with Crippen LogP contribution in [0.4, 0.5) is 0 Å². The molecular formula is C13H19NO3Si. The van der Waals surface area contributed by atoms with Crippen LogP contribution in [-0.4, -0.2) is 22.5 Å². The number of rotatable bonds is 5. The molecule has 0 bridgehead atoms. The van der Waals surface area contributed by atoms with Gasteiger partial charge in [-0.15, -0.1) is 0 Å². The van der Waals surface area contributed by atoms with Gasteiger partial charge in [-0.1, -0.05) is 6.07 Å². The van der Waals surface area contributed by atoms with Crippen molar-refractivity contribution in [2.24, 2.45) is 0 Å². The quantitative estimate of drug-likeness (QED) is 0.768. The lowest BCUT2D eigenvalue weighted by atomic mass is 10.1. The molecule has 0 N–H and O–H groups in total. The molecule has 5 heteroatoms. The van der Waals surface area contributed by atoms with E-state index in [0.717, 1.165) is 5.56 Å². The number of hydrogen-bond acceptors (Lipinski definition) is 4. The van der Waals surface area contributed by atoms with Crippen LogP contribution in [0.2, 0.25) is 19.6 Å². The van der Waals surface area contributed by atoms with Gasteiger partial charge >= 0.3 is 0 Å². The highest BCUT2D eigenvalue weighted by Crippen LogP contribution is 2.31. The van der Waals surface area contributed by atoms with Crippen LogP contribution in [0.5, 0.6) is 11.5 Å². The van der Waals surface area contributed by atoms with Crippen LogP contribution in [0.1, 0.15) is 11.7 Å². The lowest BCUT2D eigenvalue weighted by molar-refractivity contribution is 0.254. The van der Waals surface area contributed by atoms with Crippen molar-refractivity contribution in [2.45, 2.75) is 25.7 Å². The molecule has 0 amide bonds. The first-order valence-corrected chi connectivity index (χ1v) is 9.11. The second kappa shape index (κ2) is 5.89. The van der Waals surface area contributed by atoms with E-state index in [1.165, 1.54) is 0 Å². The van der Waals surface area contributed by atoms with Crippen molar-refractivity contribution in [3.8, 4) is 17.6 Å². The fourth-order valence-corrected chi connectivity index (χ4v) is 2.43. The first-order valence-electron chi connectivity index (χ1n) is 5.70. The summed E-state index contributed by atoms with van der Waals surface area (Å²) in [5, 5.41) is 9.21. The van der Waals surface area contributed by atoms with E-state index >= 15 is 0 Å². The van der Waals surface area contributed by atoms with E-state index in [4.69, 9.17) is 13.9 Å². The van der Waals surface area contributed by atoms with E-state index in [1.54, 1.807) is 26.4 Å². The summed E-state index contributed by atoms with van der Waals surface area (Å²) in [6.45, 7) is 6.16. The molecular weight excluding hydrogens is 246 g/mol. The molecule has 0 saturated carbocycles. The Hall–Kier alpha value is -1.51. The van der Waals surface area contributed by atoms with Gasteiger partial charge in [0.05, 0.1) is 20.3 Å². The number of nitriles is 1. The maximum Gasteiger partial charge on any atom is 0.186 e. The molecule has 4 nitrogen and oxygen atoms in total. The summed E-state index contributed by atoms with van der Waals surface area (Å²) in [6, 6.07) is 7.58. The van der Waals surface area contributed by atoms with Crippen LogP contribution in [-0.2, 0) is 4.43 Å². The smallest absolute Gasteiger partial charge is 0.186 e. The molecule has 1 aromatic carbocycles. The van der Waals surface area contributed by atoms with Gasteiger partial charge in [-0.3, -0.25) is 0 Å². The third kappa shape index (κ3) is 3.76. The molecule has 0 aliphatic rings. The zero-order valence-corrected chi connectivity index (χ0v) is 12.5. The summed E-state index contributed by atoms with van der Waals surface area (Å²) in [5.41, 5.74) is 0.789. The molecule has 0 radical (unpaired) electrons. The zero-order valence-electron chi connectivity index (χ0n) is 11.5. The fraction of sp³-hybridized carbons (Fsp3) is 0.462.